The molecule has 0 bridgehead atoms. The second kappa shape index (κ2) is 7.75. The van der Waals surface area contributed by atoms with Crippen molar-refractivity contribution in [2.75, 3.05) is 10.6 Å². The second-order valence-electron chi connectivity index (χ2n) is 5.58. The van der Waals surface area contributed by atoms with Crippen molar-refractivity contribution in [1.29, 1.82) is 0 Å². The number of rotatable bonds is 6. The van der Waals surface area contributed by atoms with E-state index >= 15 is 0 Å². The third-order valence-electron chi connectivity index (χ3n) is 3.52. The third-order valence-corrected chi connectivity index (χ3v) is 4.40. The number of nitrogens with one attached hydrogen (secondary N) is 2. The van der Waals surface area contributed by atoms with Crippen molar-refractivity contribution in [3.8, 4) is 0 Å². The van der Waals surface area contributed by atoms with Crippen molar-refractivity contribution in [2.24, 2.45) is 0 Å². The van der Waals surface area contributed by atoms with Gasteiger partial charge in [0.25, 0.3) is 0 Å². The highest BCUT2D eigenvalue weighted by molar-refractivity contribution is 7.10. The van der Waals surface area contributed by atoms with Gasteiger partial charge in [-0.15, -0.1) is 11.3 Å². The van der Waals surface area contributed by atoms with Crippen LogP contribution in [-0.2, 0) is 17.8 Å². The molecule has 0 spiro atoms. The zero-order valence-corrected chi connectivity index (χ0v) is 14.3. The maximum atomic E-state index is 11.9. The van der Waals surface area contributed by atoms with Crippen molar-refractivity contribution < 1.29 is 4.79 Å². The Bertz CT molecular complexity index is 798. The Morgan fingerprint density at radius 1 is 1.17 bits per heavy atom. The van der Waals surface area contributed by atoms with Gasteiger partial charge in [-0.1, -0.05) is 35.9 Å². The van der Waals surface area contributed by atoms with E-state index in [9.17, 15) is 4.79 Å². The summed E-state index contributed by atoms with van der Waals surface area (Å²) in [5, 5.41) is 8.12. The standard InChI is InChI=1S/C19H19N3OS/c1-14-4-2-5-15(10-14)12-20-16-7-8-18(21-13-16)22-19(23)11-17-6-3-9-24-17/h2-10,13,20H,11-12H2,1H3,(H,21,22,23). The Balaban J connectivity index is 1.52. The van der Waals surface area contributed by atoms with Crippen LogP contribution in [0.5, 0.6) is 0 Å². The lowest BCUT2D eigenvalue weighted by atomic mass is 10.1. The van der Waals surface area contributed by atoms with Gasteiger partial charge in [-0.2, -0.15) is 0 Å². The molecule has 2 heterocycles. The summed E-state index contributed by atoms with van der Waals surface area (Å²) in [4.78, 5) is 17.3. The smallest absolute Gasteiger partial charge is 0.230 e. The molecule has 4 nitrogen and oxygen atoms in total. The molecule has 3 aromatic rings. The molecule has 3 rings (SSSR count). The molecule has 1 aromatic carbocycles. The quantitative estimate of drug-likeness (QED) is 0.707. The molecule has 122 valence electrons. The average Bonchev–Trinajstić information content (AvgIpc) is 3.07. The Hall–Kier alpha value is -2.66. The Labute approximate surface area is 145 Å². The fourth-order valence-corrected chi connectivity index (χ4v) is 3.06. The van der Waals surface area contributed by atoms with E-state index in [2.05, 4.69) is 46.8 Å². The van der Waals surface area contributed by atoms with E-state index in [0.717, 1.165) is 17.1 Å². The number of pyridine rings is 1. The van der Waals surface area contributed by atoms with Crippen molar-refractivity contribution in [2.45, 2.75) is 19.9 Å². The SMILES string of the molecule is Cc1cccc(CNc2ccc(NC(=O)Cc3cccs3)nc2)c1. The summed E-state index contributed by atoms with van der Waals surface area (Å²) >= 11 is 1.58. The number of aromatic nitrogens is 1. The first-order chi connectivity index (χ1) is 11.7. The van der Waals surface area contributed by atoms with Gasteiger partial charge in [-0.3, -0.25) is 4.79 Å². The highest BCUT2D eigenvalue weighted by Crippen LogP contribution is 2.14. The molecule has 0 aliphatic rings. The van der Waals surface area contributed by atoms with Crippen LogP contribution in [-0.4, -0.2) is 10.9 Å². The van der Waals surface area contributed by atoms with Gasteiger partial charge in [0.1, 0.15) is 5.82 Å². The van der Waals surface area contributed by atoms with Crippen LogP contribution in [0.25, 0.3) is 0 Å². The molecule has 2 N–H and O–H groups in total. The monoisotopic (exact) mass is 337 g/mol. The number of aryl methyl sites for hydroxylation is 1. The third kappa shape index (κ3) is 4.67. The van der Waals surface area contributed by atoms with Gasteiger partial charge in [0.05, 0.1) is 18.3 Å². The van der Waals surface area contributed by atoms with Crippen LogP contribution < -0.4 is 10.6 Å². The highest BCUT2D eigenvalue weighted by atomic mass is 32.1. The number of nitrogens with zero attached hydrogens (tertiary/aromatic N) is 1. The zero-order valence-electron chi connectivity index (χ0n) is 13.5. The lowest BCUT2D eigenvalue weighted by Crippen LogP contribution is -2.14. The number of benzene rings is 1. The molecular weight excluding hydrogens is 318 g/mol. The van der Waals surface area contributed by atoms with E-state index in [1.165, 1.54) is 11.1 Å². The van der Waals surface area contributed by atoms with Crippen LogP contribution in [0.3, 0.4) is 0 Å². The summed E-state index contributed by atoms with van der Waals surface area (Å²) in [6.07, 6.45) is 2.11. The molecule has 0 fully saturated rings. The molecule has 2 aromatic heterocycles. The van der Waals surface area contributed by atoms with Crippen LogP contribution in [0, 0.1) is 6.92 Å². The number of hydrogen-bond acceptors (Lipinski definition) is 4. The van der Waals surface area contributed by atoms with Gasteiger partial charge in [0.15, 0.2) is 0 Å². The predicted molar refractivity (Wildman–Crippen MR) is 99.4 cm³/mol. The van der Waals surface area contributed by atoms with Gasteiger partial charge in [0, 0.05) is 11.4 Å². The van der Waals surface area contributed by atoms with Crippen LogP contribution in [0.1, 0.15) is 16.0 Å². The van der Waals surface area contributed by atoms with Gasteiger partial charge >= 0.3 is 0 Å². The van der Waals surface area contributed by atoms with Gasteiger partial charge < -0.3 is 10.6 Å². The number of carbonyl (C=O) groups is 1. The highest BCUT2D eigenvalue weighted by Gasteiger charge is 2.05. The topological polar surface area (TPSA) is 54.0 Å². The molecule has 0 saturated heterocycles. The van der Waals surface area contributed by atoms with E-state index < -0.39 is 0 Å². The molecule has 0 atom stereocenters. The largest absolute Gasteiger partial charge is 0.380 e. The number of hydrogen-bond donors (Lipinski definition) is 2. The van der Waals surface area contributed by atoms with E-state index in [0.29, 0.717) is 12.2 Å². The first-order valence-corrected chi connectivity index (χ1v) is 8.65. The lowest BCUT2D eigenvalue weighted by Gasteiger charge is -2.08. The molecule has 1 amide bonds. The summed E-state index contributed by atoms with van der Waals surface area (Å²) in [7, 11) is 0. The normalized spacial score (nSPS) is 10.4. The van der Waals surface area contributed by atoms with Crippen molar-refractivity contribution in [3.05, 3.63) is 76.1 Å². The first-order valence-electron chi connectivity index (χ1n) is 7.77. The molecule has 0 aliphatic carbocycles. The number of carbonyl (C=O) groups excluding carboxylic acids is 1. The zero-order chi connectivity index (χ0) is 16.8. The van der Waals surface area contributed by atoms with E-state index in [1.54, 1.807) is 17.5 Å². The van der Waals surface area contributed by atoms with Gasteiger partial charge in [-0.25, -0.2) is 4.98 Å². The molecule has 0 unspecified atom stereocenters. The Morgan fingerprint density at radius 2 is 2.08 bits per heavy atom. The van der Waals surface area contributed by atoms with Crippen LogP contribution >= 0.6 is 11.3 Å². The summed E-state index contributed by atoms with van der Waals surface area (Å²) in [6, 6.07) is 16.0. The summed E-state index contributed by atoms with van der Waals surface area (Å²) in [5.41, 5.74) is 3.40. The molecule has 24 heavy (non-hydrogen) atoms. The fourth-order valence-electron chi connectivity index (χ4n) is 2.36. The summed E-state index contributed by atoms with van der Waals surface area (Å²) in [6.45, 7) is 2.83. The number of thiophene rings is 1. The molecule has 5 heteroatoms. The number of amides is 1. The predicted octanol–water partition coefficient (Wildman–Crippen LogP) is 4.24. The molecular formula is C19H19N3OS. The minimum absolute atomic E-state index is 0.0505. The van der Waals surface area contributed by atoms with E-state index in [-0.39, 0.29) is 5.91 Å². The Kier molecular flexibility index (Phi) is 5.23. The average molecular weight is 337 g/mol. The molecule has 0 saturated carbocycles. The maximum Gasteiger partial charge on any atom is 0.230 e. The van der Waals surface area contributed by atoms with E-state index in [1.807, 2.05) is 29.6 Å². The summed E-state index contributed by atoms with van der Waals surface area (Å²) < 4.78 is 0. The minimum Gasteiger partial charge on any atom is -0.380 e. The molecule has 0 radical (unpaired) electrons. The fraction of sp³-hybridized carbons (Fsp3) is 0.158. The maximum absolute atomic E-state index is 11.9. The lowest BCUT2D eigenvalue weighted by molar-refractivity contribution is -0.115. The van der Waals surface area contributed by atoms with Crippen LogP contribution in [0.15, 0.2) is 60.1 Å². The van der Waals surface area contributed by atoms with Crippen molar-refractivity contribution in [3.63, 3.8) is 0 Å². The molecule has 0 aliphatic heterocycles. The first kappa shape index (κ1) is 16.2. The van der Waals surface area contributed by atoms with E-state index in [4.69, 9.17) is 0 Å². The van der Waals surface area contributed by atoms with Gasteiger partial charge in [0.2, 0.25) is 5.91 Å². The van der Waals surface area contributed by atoms with Crippen LogP contribution in [0.2, 0.25) is 0 Å². The Morgan fingerprint density at radius 3 is 2.79 bits per heavy atom. The van der Waals surface area contributed by atoms with Gasteiger partial charge in [-0.05, 0) is 36.1 Å². The second-order valence-corrected chi connectivity index (χ2v) is 6.61. The minimum atomic E-state index is -0.0505. The van der Waals surface area contributed by atoms with Crippen LogP contribution in [0.4, 0.5) is 11.5 Å². The van der Waals surface area contributed by atoms with Crippen molar-refractivity contribution >= 4 is 28.7 Å². The number of anilines is 2. The van der Waals surface area contributed by atoms with Crippen molar-refractivity contribution in [1.82, 2.24) is 4.98 Å². The summed E-state index contributed by atoms with van der Waals surface area (Å²) in [5.74, 6) is 0.517.